The topological polar surface area (TPSA) is 65.8 Å². The minimum atomic E-state index is -1.25. The van der Waals surface area contributed by atoms with Gasteiger partial charge in [-0.25, -0.2) is 0 Å². The molecule has 0 radical (unpaired) electrons. The summed E-state index contributed by atoms with van der Waals surface area (Å²) in [5.74, 6) is 0.750. The van der Waals surface area contributed by atoms with Crippen LogP contribution in [0.4, 0.5) is 0 Å². The van der Waals surface area contributed by atoms with Crippen LogP contribution in [0, 0.1) is 0 Å². The van der Waals surface area contributed by atoms with Crippen LogP contribution in [-0.4, -0.2) is 65.7 Å². The fourth-order valence-electron chi connectivity index (χ4n) is 3.12. The molecule has 152 valence electrons. The van der Waals surface area contributed by atoms with E-state index in [-0.39, 0.29) is 17.4 Å². The smallest absolute Gasteiger partial charge is 0.287 e. The van der Waals surface area contributed by atoms with Crippen molar-refractivity contribution < 1.29 is 13.4 Å². The Morgan fingerprint density at radius 2 is 1.79 bits per heavy atom. The van der Waals surface area contributed by atoms with E-state index in [1.54, 1.807) is 36.4 Å². The zero-order valence-corrected chi connectivity index (χ0v) is 17.6. The molecule has 1 aromatic carbocycles. The standard InChI is InChI=1S/C20H26ClN3O3S/c1-2-23-11-13-24(14-12-23)10-9-22-20(25)19-8-5-17(27-19)15-28(26)18-6-3-16(21)4-7-18/h3-8H,2,9-15H2,1H3,(H,22,25)/t28-/m0/s1. The van der Waals surface area contributed by atoms with Crippen molar-refractivity contribution in [2.75, 3.05) is 45.8 Å². The molecule has 1 N–H and O–H groups in total. The Hall–Kier alpha value is -1.67. The van der Waals surface area contributed by atoms with Gasteiger partial charge >= 0.3 is 0 Å². The lowest BCUT2D eigenvalue weighted by molar-refractivity contribution is 0.0909. The number of carbonyl (C=O) groups excluding carboxylic acids is 1. The zero-order chi connectivity index (χ0) is 19.9. The minimum Gasteiger partial charge on any atom is -0.455 e. The Morgan fingerprint density at radius 1 is 1.11 bits per heavy atom. The summed E-state index contributed by atoms with van der Waals surface area (Å²) in [6, 6.07) is 10.2. The van der Waals surface area contributed by atoms with Gasteiger partial charge in [0.25, 0.3) is 5.91 Å². The number of hydrogen-bond acceptors (Lipinski definition) is 5. The molecule has 1 amide bonds. The maximum Gasteiger partial charge on any atom is 0.287 e. The molecular formula is C20H26ClN3O3S. The summed E-state index contributed by atoms with van der Waals surface area (Å²) >= 11 is 5.85. The molecule has 0 aliphatic carbocycles. The molecule has 1 atom stereocenters. The molecule has 1 fully saturated rings. The van der Waals surface area contributed by atoms with E-state index in [1.807, 2.05) is 0 Å². The lowest BCUT2D eigenvalue weighted by Crippen LogP contribution is -2.48. The number of carbonyl (C=O) groups is 1. The van der Waals surface area contributed by atoms with Gasteiger partial charge in [0.1, 0.15) is 5.76 Å². The van der Waals surface area contributed by atoms with E-state index in [1.165, 1.54) is 0 Å². The molecule has 1 aromatic heterocycles. The number of amides is 1. The van der Waals surface area contributed by atoms with Gasteiger partial charge in [0.15, 0.2) is 5.76 Å². The van der Waals surface area contributed by atoms with E-state index in [0.717, 1.165) is 39.3 Å². The molecule has 6 nitrogen and oxygen atoms in total. The number of likely N-dealkylation sites (N-methyl/N-ethyl adjacent to an activating group) is 1. The molecule has 0 saturated carbocycles. The van der Waals surface area contributed by atoms with Crippen molar-refractivity contribution in [1.82, 2.24) is 15.1 Å². The highest BCUT2D eigenvalue weighted by Gasteiger charge is 2.16. The number of furan rings is 1. The van der Waals surface area contributed by atoms with Crippen LogP contribution in [0.3, 0.4) is 0 Å². The molecule has 2 heterocycles. The van der Waals surface area contributed by atoms with E-state index < -0.39 is 10.8 Å². The second kappa shape index (κ2) is 10.2. The summed E-state index contributed by atoms with van der Waals surface area (Å²) in [4.78, 5) is 17.7. The van der Waals surface area contributed by atoms with Gasteiger partial charge in [-0.3, -0.25) is 13.9 Å². The van der Waals surface area contributed by atoms with E-state index in [2.05, 4.69) is 22.0 Å². The molecule has 2 aromatic rings. The molecule has 3 rings (SSSR count). The molecular weight excluding hydrogens is 398 g/mol. The average molecular weight is 424 g/mol. The number of halogens is 1. The Balaban J connectivity index is 1.43. The first-order valence-corrected chi connectivity index (χ1v) is 11.2. The third-order valence-corrected chi connectivity index (χ3v) is 6.46. The van der Waals surface area contributed by atoms with Crippen molar-refractivity contribution in [3.05, 3.63) is 52.9 Å². The van der Waals surface area contributed by atoms with Crippen LogP contribution >= 0.6 is 11.6 Å². The maximum absolute atomic E-state index is 12.4. The minimum absolute atomic E-state index is 0.219. The monoisotopic (exact) mass is 423 g/mol. The number of benzene rings is 1. The second-order valence-corrected chi connectivity index (χ2v) is 8.63. The molecule has 1 saturated heterocycles. The zero-order valence-electron chi connectivity index (χ0n) is 16.0. The molecule has 0 spiro atoms. The summed E-state index contributed by atoms with van der Waals surface area (Å²) in [5.41, 5.74) is 0. The predicted molar refractivity (Wildman–Crippen MR) is 111 cm³/mol. The highest BCUT2D eigenvalue weighted by atomic mass is 35.5. The summed E-state index contributed by atoms with van der Waals surface area (Å²) in [6.45, 7) is 8.91. The van der Waals surface area contributed by atoms with Crippen LogP contribution in [0.15, 0.2) is 45.7 Å². The van der Waals surface area contributed by atoms with Gasteiger partial charge in [0, 0.05) is 49.2 Å². The van der Waals surface area contributed by atoms with E-state index in [9.17, 15) is 9.00 Å². The SMILES string of the molecule is CCN1CCN(CCNC(=O)c2ccc(C[S@](=O)c3ccc(Cl)cc3)o2)CC1. The number of nitrogens with zero attached hydrogens (tertiary/aromatic N) is 2. The Morgan fingerprint density at radius 3 is 2.46 bits per heavy atom. The average Bonchev–Trinajstić information content (AvgIpc) is 3.17. The number of piperazine rings is 1. The van der Waals surface area contributed by atoms with Crippen molar-refractivity contribution >= 4 is 28.3 Å². The number of nitrogens with one attached hydrogen (secondary N) is 1. The van der Waals surface area contributed by atoms with E-state index in [4.69, 9.17) is 16.0 Å². The van der Waals surface area contributed by atoms with Gasteiger partial charge in [0.05, 0.1) is 16.6 Å². The fraction of sp³-hybridized carbons (Fsp3) is 0.450. The van der Waals surface area contributed by atoms with Crippen LogP contribution in [-0.2, 0) is 16.6 Å². The van der Waals surface area contributed by atoms with E-state index >= 15 is 0 Å². The number of rotatable bonds is 8. The molecule has 0 unspecified atom stereocenters. The summed E-state index contributed by atoms with van der Waals surface area (Å²) < 4.78 is 18.0. The maximum atomic E-state index is 12.4. The fourth-order valence-corrected chi connectivity index (χ4v) is 4.27. The summed E-state index contributed by atoms with van der Waals surface area (Å²) in [5, 5.41) is 3.50. The van der Waals surface area contributed by atoms with Crippen molar-refractivity contribution in [1.29, 1.82) is 0 Å². The highest BCUT2D eigenvalue weighted by Crippen LogP contribution is 2.17. The predicted octanol–water partition coefficient (Wildman–Crippen LogP) is 2.61. The van der Waals surface area contributed by atoms with Gasteiger partial charge in [-0.2, -0.15) is 0 Å². The van der Waals surface area contributed by atoms with Crippen LogP contribution in [0.2, 0.25) is 5.02 Å². The molecule has 1 aliphatic heterocycles. The Bertz CT molecular complexity index is 801. The Labute approximate surface area is 173 Å². The van der Waals surface area contributed by atoms with Gasteiger partial charge in [0.2, 0.25) is 0 Å². The normalized spacial score (nSPS) is 16.8. The van der Waals surface area contributed by atoms with Crippen LogP contribution in [0.25, 0.3) is 0 Å². The van der Waals surface area contributed by atoms with Crippen LogP contribution < -0.4 is 5.32 Å². The van der Waals surface area contributed by atoms with Gasteiger partial charge < -0.3 is 14.6 Å². The quantitative estimate of drug-likeness (QED) is 0.707. The molecule has 0 bridgehead atoms. The molecule has 28 heavy (non-hydrogen) atoms. The van der Waals surface area contributed by atoms with E-state index in [0.29, 0.717) is 22.2 Å². The number of hydrogen-bond donors (Lipinski definition) is 1. The summed E-state index contributed by atoms with van der Waals surface area (Å²) in [6.07, 6.45) is 0. The van der Waals surface area contributed by atoms with Crippen LogP contribution in [0.1, 0.15) is 23.2 Å². The Kier molecular flexibility index (Phi) is 7.67. The third-order valence-electron chi connectivity index (χ3n) is 4.86. The molecule has 8 heteroatoms. The molecule has 1 aliphatic rings. The first-order valence-electron chi connectivity index (χ1n) is 9.50. The van der Waals surface area contributed by atoms with Gasteiger partial charge in [-0.05, 0) is 42.9 Å². The first kappa shape index (κ1) is 21.0. The van der Waals surface area contributed by atoms with Crippen molar-refractivity contribution in [3.8, 4) is 0 Å². The van der Waals surface area contributed by atoms with Gasteiger partial charge in [-0.1, -0.05) is 18.5 Å². The lowest BCUT2D eigenvalue weighted by Gasteiger charge is -2.33. The largest absolute Gasteiger partial charge is 0.455 e. The van der Waals surface area contributed by atoms with Crippen molar-refractivity contribution in [2.24, 2.45) is 0 Å². The van der Waals surface area contributed by atoms with Crippen molar-refractivity contribution in [3.63, 3.8) is 0 Å². The van der Waals surface area contributed by atoms with Crippen LogP contribution in [0.5, 0.6) is 0 Å². The highest BCUT2D eigenvalue weighted by molar-refractivity contribution is 7.84. The lowest BCUT2D eigenvalue weighted by atomic mass is 10.3. The third kappa shape index (κ3) is 5.91. The second-order valence-electron chi connectivity index (χ2n) is 6.74. The first-order chi connectivity index (χ1) is 13.5. The summed E-state index contributed by atoms with van der Waals surface area (Å²) in [7, 11) is -1.25. The van der Waals surface area contributed by atoms with Gasteiger partial charge in [-0.15, -0.1) is 0 Å². The van der Waals surface area contributed by atoms with Crippen molar-refractivity contribution in [2.45, 2.75) is 17.6 Å².